The molecule has 0 unspecified atom stereocenters. The van der Waals surface area contributed by atoms with Gasteiger partial charge in [-0.3, -0.25) is 4.79 Å². The summed E-state index contributed by atoms with van der Waals surface area (Å²) in [6.45, 7) is 4.04. The molecule has 1 heterocycles. The largest absolute Gasteiger partial charge is 0.309 e. The van der Waals surface area contributed by atoms with Gasteiger partial charge in [0.05, 0.1) is 19.3 Å². The fourth-order valence-corrected chi connectivity index (χ4v) is 3.03. The highest BCUT2D eigenvalue weighted by atomic mass is 127. The van der Waals surface area contributed by atoms with Gasteiger partial charge in [0.2, 0.25) is 0 Å². The Morgan fingerprint density at radius 3 is 2.60 bits per heavy atom. The topological polar surface area (TPSA) is 45.8 Å². The standard InChI is InChI=1S/C14H13Cl2IN2O/c1-7(2)13-12(17)14(20)19-11(18-13)6-8-3-4-9(15)10(16)5-8/h3-5,7H,6H2,1-2H3,(H,18,19,20). The average Bonchev–Trinajstić information content (AvgIpc) is 2.37. The molecule has 0 aliphatic heterocycles. The second kappa shape index (κ2) is 6.45. The van der Waals surface area contributed by atoms with Crippen molar-refractivity contribution >= 4 is 45.8 Å². The van der Waals surface area contributed by atoms with E-state index >= 15 is 0 Å². The predicted octanol–water partition coefficient (Wildman–Crippen LogP) is 4.40. The normalized spacial score (nSPS) is 11.1. The van der Waals surface area contributed by atoms with E-state index in [2.05, 4.69) is 9.97 Å². The lowest BCUT2D eigenvalue weighted by Gasteiger charge is -2.09. The van der Waals surface area contributed by atoms with Crippen LogP contribution >= 0.6 is 45.8 Å². The Bertz CT molecular complexity index is 698. The maximum Gasteiger partial charge on any atom is 0.264 e. The van der Waals surface area contributed by atoms with Crippen molar-refractivity contribution in [3.63, 3.8) is 0 Å². The van der Waals surface area contributed by atoms with Crippen LogP contribution in [0.1, 0.15) is 36.8 Å². The third kappa shape index (κ3) is 3.54. The summed E-state index contributed by atoms with van der Waals surface area (Å²) >= 11 is 13.9. The number of benzene rings is 1. The Labute approximate surface area is 140 Å². The molecule has 0 spiro atoms. The molecule has 3 nitrogen and oxygen atoms in total. The zero-order chi connectivity index (χ0) is 14.9. The van der Waals surface area contributed by atoms with Crippen LogP contribution in [0.3, 0.4) is 0 Å². The highest BCUT2D eigenvalue weighted by Gasteiger charge is 2.12. The Hall–Kier alpha value is -0.590. The van der Waals surface area contributed by atoms with Gasteiger partial charge in [-0.2, -0.15) is 0 Å². The van der Waals surface area contributed by atoms with E-state index in [0.29, 0.717) is 25.9 Å². The Balaban J connectivity index is 2.38. The minimum Gasteiger partial charge on any atom is -0.309 e. The van der Waals surface area contributed by atoms with E-state index in [4.69, 9.17) is 23.2 Å². The van der Waals surface area contributed by atoms with E-state index in [-0.39, 0.29) is 11.5 Å². The molecule has 0 amide bonds. The number of halogens is 3. The van der Waals surface area contributed by atoms with Crippen LogP contribution in [0.5, 0.6) is 0 Å². The molecule has 0 aliphatic carbocycles. The summed E-state index contributed by atoms with van der Waals surface area (Å²) in [6.07, 6.45) is 0.517. The average molecular weight is 423 g/mol. The second-order valence-corrected chi connectivity index (χ2v) is 6.68. The summed E-state index contributed by atoms with van der Waals surface area (Å²) in [7, 11) is 0. The molecule has 0 aliphatic rings. The third-order valence-electron chi connectivity index (χ3n) is 2.84. The van der Waals surface area contributed by atoms with E-state index in [1.54, 1.807) is 12.1 Å². The molecule has 0 bridgehead atoms. The smallest absolute Gasteiger partial charge is 0.264 e. The third-order valence-corrected chi connectivity index (χ3v) is 4.62. The Morgan fingerprint density at radius 2 is 2.00 bits per heavy atom. The maximum absolute atomic E-state index is 11.9. The van der Waals surface area contributed by atoms with Crippen LogP contribution in [0.25, 0.3) is 0 Å². The van der Waals surface area contributed by atoms with Gasteiger partial charge in [-0.25, -0.2) is 4.98 Å². The molecular formula is C14H13Cl2IN2O. The van der Waals surface area contributed by atoms with E-state index in [9.17, 15) is 4.79 Å². The molecule has 1 aromatic carbocycles. The van der Waals surface area contributed by atoms with Gasteiger partial charge in [0, 0.05) is 6.42 Å². The Morgan fingerprint density at radius 1 is 1.30 bits per heavy atom. The van der Waals surface area contributed by atoms with Crippen LogP contribution in [0, 0.1) is 3.57 Å². The molecule has 6 heteroatoms. The van der Waals surface area contributed by atoms with E-state index in [1.165, 1.54) is 0 Å². The van der Waals surface area contributed by atoms with Gasteiger partial charge in [-0.05, 0) is 46.2 Å². The summed E-state index contributed by atoms with van der Waals surface area (Å²) in [5, 5.41) is 1.02. The summed E-state index contributed by atoms with van der Waals surface area (Å²) in [4.78, 5) is 19.3. The zero-order valence-electron chi connectivity index (χ0n) is 11.0. The lowest BCUT2D eigenvalue weighted by molar-refractivity contribution is 0.774. The molecule has 0 radical (unpaired) electrons. The maximum atomic E-state index is 11.9. The minimum absolute atomic E-state index is 0.0978. The first-order valence-electron chi connectivity index (χ1n) is 6.11. The van der Waals surface area contributed by atoms with Gasteiger partial charge in [0.25, 0.3) is 5.56 Å². The van der Waals surface area contributed by atoms with Crippen LogP contribution in [-0.2, 0) is 6.42 Å². The van der Waals surface area contributed by atoms with Crippen molar-refractivity contribution in [2.45, 2.75) is 26.2 Å². The number of aromatic nitrogens is 2. The molecule has 0 saturated carbocycles. The summed E-state index contributed by atoms with van der Waals surface area (Å²) in [5.41, 5.74) is 1.68. The number of rotatable bonds is 3. The summed E-state index contributed by atoms with van der Waals surface area (Å²) < 4.78 is 0.649. The van der Waals surface area contributed by atoms with Crippen molar-refractivity contribution < 1.29 is 0 Å². The molecule has 0 atom stereocenters. The number of nitrogens with one attached hydrogen (secondary N) is 1. The van der Waals surface area contributed by atoms with Gasteiger partial charge >= 0.3 is 0 Å². The van der Waals surface area contributed by atoms with E-state index < -0.39 is 0 Å². The molecule has 20 heavy (non-hydrogen) atoms. The second-order valence-electron chi connectivity index (χ2n) is 4.79. The number of hydrogen-bond donors (Lipinski definition) is 1. The fourth-order valence-electron chi connectivity index (χ4n) is 1.83. The van der Waals surface area contributed by atoms with E-state index in [0.717, 1.165) is 11.3 Å². The van der Waals surface area contributed by atoms with Gasteiger partial charge in [0.15, 0.2) is 0 Å². The molecule has 1 aromatic heterocycles. The number of aromatic amines is 1. The van der Waals surface area contributed by atoms with Crippen molar-refractivity contribution in [3.05, 3.63) is 59.3 Å². The molecule has 2 aromatic rings. The number of H-pyrrole nitrogens is 1. The first-order valence-corrected chi connectivity index (χ1v) is 7.94. The SMILES string of the molecule is CC(C)c1nc(Cc2ccc(Cl)c(Cl)c2)[nH]c(=O)c1I. The van der Waals surface area contributed by atoms with Crippen molar-refractivity contribution in [2.24, 2.45) is 0 Å². The number of nitrogens with zero attached hydrogens (tertiary/aromatic N) is 1. The first kappa shape index (κ1) is 15.8. The van der Waals surface area contributed by atoms with Gasteiger partial charge < -0.3 is 4.98 Å². The highest BCUT2D eigenvalue weighted by molar-refractivity contribution is 14.1. The van der Waals surface area contributed by atoms with Crippen LogP contribution in [0.15, 0.2) is 23.0 Å². The van der Waals surface area contributed by atoms with Crippen LogP contribution in [-0.4, -0.2) is 9.97 Å². The van der Waals surface area contributed by atoms with Gasteiger partial charge in [0.1, 0.15) is 5.82 Å². The lowest BCUT2D eigenvalue weighted by atomic mass is 10.1. The highest BCUT2D eigenvalue weighted by Crippen LogP contribution is 2.23. The Kier molecular flexibility index (Phi) is 5.09. The van der Waals surface area contributed by atoms with Gasteiger partial charge in [-0.1, -0.05) is 43.1 Å². The quantitative estimate of drug-likeness (QED) is 0.745. The van der Waals surface area contributed by atoms with Gasteiger partial charge in [-0.15, -0.1) is 0 Å². The fraction of sp³-hybridized carbons (Fsp3) is 0.286. The summed E-state index contributed by atoms with van der Waals surface area (Å²) in [5.74, 6) is 0.842. The minimum atomic E-state index is -0.0978. The summed E-state index contributed by atoms with van der Waals surface area (Å²) in [6, 6.07) is 5.41. The van der Waals surface area contributed by atoms with Crippen LogP contribution < -0.4 is 5.56 Å². The first-order chi connectivity index (χ1) is 9.38. The van der Waals surface area contributed by atoms with Crippen molar-refractivity contribution in [3.8, 4) is 0 Å². The monoisotopic (exact) mass is 422 g/mol. The van der Waals surface area contributed by atoms with Crippen molar-refractivity contribution in [2.75, 3.05) is 0 Å². The zero-order valence-corrected chi connectivity index (χ0v) is 14.7. The van der Waals surface area contributed by atoms with Crippen LogP contribution in [0.2, 0.25) is 10.0 Å². The van der Waals surface area contributed by atoms with E-state index in [1.807, 2.05) is 42.5 Å². The molecule has 1 N–H and O–H groups in total. The molecular weight excluding hydrogens is 410 g/mol. The van der Waals surface area contributed by atoms with Crippen molar-refractivity contribution in [1.29, 1.82) is 0 Å². The van der Waals surface area contributed by atoms with Crippen molar-refractivity contribution in [1.82, 2.24) is 9.97 Å². The lowest BCUT2D eigenvalue weighted by Crippen LogP contribution is -2.19. The predicted molar refractivity (Wildman–Crippen MR) is 90.9 cm³/mol. The number of hydrogen-bond acceptors (Lipinski definition) is 2. The molecule has 0 saturated heterocycles. The molecule has 2 rings (SSSR count). The molecule has 106 valence electrons. The van der Waals surface area contributed by atoms with Crippen LogP contribution in [0.4, 0.5) is 0 Å². The molecule has 0 fully saturated rings.